The number of hydrogen-bond donors (Lipinski definition) is 3. The molecule has 0 fully saturated rings. The fraction of sp³-hybridized carbons (Fsp3) is 0.158. The standard InChI is InChI=1S/C19H19N3O2S/c1-12(23)9-13-4-6-14(7-5-13)17-10-16(18(20)24)19(25-17)22-15-3-2-8-21-11-15/h2-8,10-12,22-23H,9H2,1H3,(H2,20,24). The minimum absolute atomic E-state index is 0.371. The summed E-state index contributed by atoms with van der Waals surface area (Å²) in [5.41, 5.74) is 8.84. The van der Waals surface area contributed by atoms with Gasteiger partial charge in [-0.1, -0.05) is 24.3 Å². The van der Waals surface area contributed by atoms with E-state index in [1.807, 2.05) is 36.4 Å². The fourth-order valence-electron chi connectivity index (χ4n) is 2.52. The third-order valence-corrected chi connectivity index (χ3v) is 4.79. The van der Waals surface area contributed by atoms with Crippen molar-refractivity contribution in [1.82, 2.24) is 4.98 Å². The molecule has 0 aliphatic heterocycles. The van der Waals surface area contributed by atoms with Crippen molar-refractivity contribution in [3.63, 3.8) is 0 Å². The number of anilines is 2. The number of carbonyl (C=O) groups excluding carboxylic acids is 1. The van der Waals surface area contributed by atoms with Crippen LogP contribution in [0.2, 0.25) is 0 Å². The van der Waals surface area contributed by atoms with Gasteiger partial charge in [0.25, 0.3) is 5.91 Å². The Labute approximate surface area is 150 Å². The van der Waals surface area contributed by atoms with Crippen molar-refractivity contribution in [2.45, 2.75) is 19.4 Å². The van der Waals surface area contributed by atoms with Crippen LogP contribution in [0.1, 0.15) is 22.8 Å². The van der Waals surface area contributed by atoms with Gasteiger partial charge in [0.15, 0.2) is 0 Å². The number of carbonyl (C=O) groups is 1. The van der Waals surface area contributed by atoms with Crippen LogP contribution in [-0.4, -0.2) is 22.1 Å². The lowest BCUT2D eigenvalue weighted by Gasteiger charge is -2.05. The predicted molar refractivity (Wildman–Crippen MR) is 101 cm³/mol. The van der Waals surface area contributed by atoms with E-state index in [1.165, 1.54) is 11.3 Å². The second kappa shape index (κ2) is 7.46. The maximum atomic E-state index is 11.8. The Morgan fingerprint density at radius 2 is 2.08 bits per heavy atom. The van der Waals surface area contributed by atoms with Crippen molar-refractivity contribution < 1.29 is 9.90 Å². The van der Waals surface area contributed by atoms with Gasteiger partial charge in [0, 0.05) is 11.1 Å². The van der Waals surface area contributed by atoms with Crippen LogP contribution in [0.15, 0.2) is 54.9 Å². The van der Waals surface area contributed by atoms with Crippen molar-refractivity contribution in [1.29, 1.82) is 0 Å². The molecule has 6 heteroatoms. The lowest BCUT2D eigenvalue weighted by atomic mass is 10.1. The monoisotopic (exact) mass is 353 g/mol. The number of hydrogen-bond acceptors (Lipinski definition) is 5. The van der Waals surface area contributed by atoms with E-state index in [4.69, 9.17) is 5.73 Å². The van der Waals surface area contributed by atoms with Gasteiger partial charge in [0.2, 0.25) is 0 Å². The summed E-state index contributed by atoms with van der Waals surface area (Å²) < 4.78 is 0. The number of aliphatic hydroxyl groups excluding tert-OH is 1. The topological polar surface area (TPSA) is 88.2 Å². The van der Waals surface area contributed by atoms with Crippen molar-refractivity contribution in [2.75, 3.05) is 5.32 Å². The van der Waals surface area contributed by atoms with E-state index < -0.39 is 5.91 Å². The SMILES string of the molecule is CC(O)Cc1ccc(-c2cc(C(N)=O)c(Nc3cccnc3)s2)cc1. The van der Waals surface area contributed by atoms with Crippen molar-refractivity contribution >= 4 is 27.9 Å². The number of nitrogens with one attached hydrogen (secondary N) is 1. The quantitative estimate of drug-likeness (QED) is 0.632. The third-order valence-electron chi connectivity index (χ3n) is 3.69. The first-order valence-corrected chi connectivity index (χ1v) is 8.72. The van der Waals surface area contributed by atoms with Gasteiger partial charge in [-0.05, 0) is 42.7 Å². The highest BCUT2D eigenvalue weighted by Crippen LogP contribution is 2.37. The predicted octanol–water partition coefficient (Wildman–Crippen LogP) is 3.58. The molecule has 2 heterocycles. The largest absolute Gasteiger partial charge is 0.393 e. The molecule has 4 N–H and O–H groups in total. The zero-order valence-electron chi connectivity index (χ0n) is 13.8. The van der Waals surface area contributed by atoms with E-state index in [0.29, 0.717) is 17.0 Å². The van der Waals surface area contributed by atoms with Crippen LogP contribution in [0.3, 0.4) is 0 Å². The average molecular weight is 353 g/mol. The number of nitrogens with zero attached hydrogens (tertiary/aromatic N) is 1. The van der Waals surface area contributed by atoms with E-state index in [-0.39, 0.29) is 6.10 Å². The molecule has 1 amide bonds. The summed E-state index contributed by atoms with van der Waals surface area (Å²) in [5.74, 6) is -0.473. The van der Waals surface area contributed by atoms with Gasteiger partial charge >= 0.3 is 0 Å². The first-order valence-electron chi connectivity index (χ1n) is 7.91. The van der Waals surface area contributed by atoms with Crippen LogP contribution in [-0.2, 0) is 6.42 Å². The van der Waals surface area contributed by atoms with Crippen molar-refractivity contribution in [3.8, 4) is 10.4 Å². The summed E-state index contributed by atoms with van der Waals surface area (Å²) in [6, 6.07) is 13.4. The Morgan fingerprint density at radius 3 is 2.68 bits per heavy atom. The summed E-state index contributed by atoms with van der Waals surface area (Å²) >= 11 is 1.47. The minimum atomic E-state index is -0.473. The van der Waals surface area contributed by atoms with Crippen LogP contribution < -0.4 is 11.1 Å². The van der Waals surface area contributed by atoms with Gasteiger partial charge in [-0.2, -0.15) is 0 Å². The molecule has 0 spiro atoms. The molecule has 5 nitrogen and oxygen atoms in total. The van der Waals surface area contributed by atoms with E-state index in [2.05, 4.69) is 10.3 Å². The normalized spacial score (nSPS) is 11.9. The second-order valence-electron chi connectivity index (χ2n) is 5.83. The minimum Gasteiger partial charge on any atom is -0.393 e. The first-order chi connectivity index (χ1) is 12.0. The summed E-state index contributed by atoms with van der Waals surface area (Å²) in [4.78, 5) is 16.8. The van der Waals surface area contributed by atoms with Crippen LogP contribution >= 0.6 is 11.3 Å². The number of aromatic nitrogens is 1. The number of pyridine rings is 1. The van der Waals surface area contributed by atoms with Gasteiger partial charge in [0.1, 0.15) is 5.00 Å². The smallest absolute Gasteiger partial charge is 0.251 e. The Kier molecular flexibility index (Phi) is 5.11. The molecule has 1 atom stereocenters. The molecule has 128 valence electrons. The molecule has 3 aromatic rings. The number of benzene rings is 1. The number of aliphatic hydroxyl groups is 1. The highest BCUT2D eigenvalue weighted by atomic mass is 32.1. The Balaban J connectivity index is 1.89. The molecule has 0 aliphatic rings. The molecule has 0 bridgehead atoms. The number of rotatable bonds is 6. The van der Waals surface area contributed by atoms with Crippen LogP contribution in [0.5, 0.6) is 0 Å². The molecular formula is C19H19N3O2S. The van der Waals surface area contributed by atoms with Crippen LogP contribution in [0, 0.1) is 0 Å². The summed E-state index contributed by atoms with van der Waals surface area (Å²) in [6.07, 6.45) is 3.62. The van der Waals surface area contributed by atoms with Gasteiger partial charge in [-0.25, -0.2) is 0 Å². The Hall–Kier alpha value is -2.70. The highest BCUT2D eigenvalue weighted by Gasteiger charge is 2.15. The molecule has 1 unspecified atom stereocenters. The van der Waals surface area contributed by atoms with Crippen molar-refractivity contribution in [3.05, 3.63) is 66.0 Å². The number of thiophene rings is 1. The van der Waals surface area contributed by atoms with Crippen LogP contribution in [0.25, 0.3) is 10.4 Å². The van der Waals surface area contributed by atoms with E-state index in [1.54, 1.807) is 25.4 Å². The summed E-state index contributed by atoms with van der Waals surface area (Å²) in [7, 11) is 0. The molecule has 0 saturated carbocycles. The van der Waals surface area contributed by atoms with Gasteiger partial charge in [-0.15, -0.1) is 11.3 Å². The average Bonchev–Trinajstić information content (AvgIpc) is 3.00. The molecule has 0 radical (unpaired) electrons. The molecular weight excluding hydrogens is 334 g/mol. The third kappa shape index (κ3) is 4.23. The molecule has 0 aliphatic carbocycles. The van der Waals surface area contributed by atoms with E-state index >= 15 is 0 Å². The summed E-state index contributed by atoms with van der Waals surface area (Å²) in [5, 5.41) is 13.4. The van der Waals surface area contributed by atoms with E-state index in [0.717, 1.165) is 21.7 Å². The lowest BCUT2D eigenvalue weighted by Crippen LogP contribution is -2.11. The molecule has 25 heavy (non-hydrogen) atoms. The second-order valence-corrected chi connectivity index (χ2v) is 6.89. The Morgan fingerprint density at radius 1 is 1.32 bits per heavy atom. The van der Waals surface area contributed by atoms with E-state index in [9.17, 15) is 9.90 Å². The van der Waals surface area contributed by atoms with Gasteiger partial charge in [0.05, 0.1) is 23.6 Å². The zero-order chi connectivity index (χ0) is 17.8. The maximum absolute atomic E-state index is 11.8. The van der Waals surface area contributed by atoms with Crippen LogP contribution in [0.4, 0.5) is 10.7 Å². The number of amides is 1. The number of nitrogens with two attached hydrogens (primary N) is 1. The molecule has 3 rings (SSSR count). The summed E-state index contributed by atoms with van der Waals surface area (Å²) in [6.45, 7) is 1.77. The molecule has 0 saturated heterocycles. The Bertz CT molecular complexity index is 858. The lowest BCUT2D eigenvalue weighted by molar-refractivity contribution is 0.100. The number of primary amides is 1. The van der Waals surface area contributed by atoms with Gasteiger partial charge < -0.3 is 16.2 Å². The first kappa shape index (κ1) is 17.1. The van der Waals surface area contributed by atoms with Crippen molar-refractivity contribution in [2.24, 2.45) is 5.73 Å². The zero-order valence-corrected chi connectivity index (χ0v) is 14.6. The highest BCUT2D eigenvalue weighted by molar-refractivity contribution is 7.19. The fourth-order valence-corrected chi connectivity index (χ4v) is 3.61. The molecule has 1 aromatic carbocycles. The van der Waals surface area contributed by atoms with Gasteiger partial charge in [-0.3, -0.25) is 9.78 Å². The maximum Gasteiger partial charge on any atom is 0.251 e. The molecule has 2 aromatic heterocycles.